The number of aromatic nitrogens is 1. The quantitative estimate of drug-likeness (QED) is 0.809. The number of carbonyl (C=O) groups is 2. The molecule has 1 atom stereocenters. The molecule has 7 nitrogen and oxygen atoms in total. The Labute approximate surface area is 138 Å². The van der Waals surface area contributed by atoms with Crippen LogP contribution in [0.15, 0.2) is 35.1 Å². The lowest BCUT2D eigenvalue weighted by Gasteiger charge is -2.14. The number of carbonyl (C=O) groups excluding carboxylic acids is 1. The van der Waals surface area contributed by atoms with Crippen LogP contribution in [0.25, 0.3) is 0 Å². The highest BCUT2D eigenvalue weighted by atomic mass is 16.5. The topological polar surface area (TPSA) is 102 Å². The average molecular weight is 330 g/mol. The summed E-state index contributed by atoms with van der Waals surface area (Å²) in [6.45, 7) is 1.48. The van der Waals surface area contributed by atoms with Gasteiger partial charge in [-0.2, -0.15) is 0 Å². The normalized spacial score (nSPS) is 14.9. The van der Waals surface area contributed by atoms with Crippen LogP contribution in [-0.4, -0.2) is 28.7 Å². The fraction of sp³-hybridized carbons (Fsp3) is 0.353. The summed E-state index contributed by atoms with van der Waals surface area (Å²) in [6.07, 6.45) is 3.47. The lowest BCUT2D eigenvalue weighted by atomic mass is 10.1. The molecule has 1 aliphatic rings. The number of nitrogens with zero attached hydrogens (tertiary/aromatic N) is 1. The van der Waals surface area contributed by atoms with Gasteiger partial charge in [-0.25, -0.2) is 4.79 Å². The lowest BCUT2D eigenvalue weighted by Crippen LogP contribution is -2.27. The third kappa shape index (κ3) is 3.73. The van der Waals surface area contributed by atoms with Crippen LogP contribution in [0.5, 0.6) is 5.75 Å². The maximum Gasteiger partial charge on any atom is 0.341 e. The van der Waals surface area contributed by atoms with Crippen molar-refractivity contribution in [3.05, 3.63) is 47.3 Å². The average Bonchev–Trinajstić information content (AvgIpc) is 3.29. The van der Waals surface area contributed by atoms with Gasteiger partial charge in [0, 0.05) is 5.92 Å². The van der Waals surface area contributed by atoms with E-state index in [0.717, 1.165) is 24.1 Å². The first kappa shape index (κ1) is 16.0. The molecular formula is C17H18N2O5. The van der Waals surface area contributed by atoms with Crippen LogP contribution in [0.1, 0.15) is 53.3 Å². The maximum atomic E-state index is 12.4. The summed E-state index contributed by atoms with van der Waals surface area (Å²) in [7, 11) is 0. The van der Waals surface area contributed by atoms with Crippen molar-refractivity contribution >= 4 is 11.9 Å². The van der Waals surface area contributed by atoms with E-state index < -0.39 is 5.97 Å². The van der Waals surface area contributed by atoms with E-state index in [9.17, 15) is 9.59 Å². The first-order valence-electron chi connectivity index (χ1n) is 7.74. The van der Waals surface area contributed by atoms with Gasteiger partial charge in [0.15, 0.2) is 6.61 Å². The molecule has 1 fully saturated rings. The van der Waals surface area contributed by atoms with E-state index in [4.69, 9.17) is 14.4 Å². The maximum absolute atomic E-state index is 12.4. The first-order valence-corrected chi connectivity index (χ1v) is 7.74. The summed E-state index contributed by atoms with van der Waals surface area (Å²) >= 11 is 0. The van der Waals surface area contributed by atoms with Crippen LogP contribution in [0, 0.1) is 0 Å². The van der Waals surface area contributed by atoms with Crippen molar-refractivity contribution < 1.29 is 24.0 Å². The number of amides is 1. The molecule has 7 heteroatoms. The van der Waals surface area contributed by atoms with Crippen molar-refractivity contribution in [2.24, 2.45) is 0 Å². The Morgan fingerprint density at radius 2 is 2.08 bits per heavy atom. The van der Waals surface area contributed by atoms with Gasteiger partial charge < -0.3 is 19.7 Å². The molecule has 0 saturated heterocycles. The predicted octanol–water partition coefficient (Wildman–Crippen LogP) is 2.51. The molecule has 1 heterocycles. The van der Waals surface area contributed by atoms with Crippen molar-refractivity contribution in [2.45, 2.75) is 31.7 Å². The standard InChI is InChI=1S/C17H18N2O5/c1-10(11-4-6-13(7-5-11)23-9-15(20)21)18-17(22)14-8-24-19-16(14)12-2-3-12/h4-8,10,12H,2-3,9H2,1H3,(H,18,22)(H,20,21). The van der Waals surface area contributed by atoms with Gasteiger partial charge in [-0.3, -0.25) is 4.79 Å². The summed E-state index contributed by atoms with van der Waals surface area (Å²) in [4.78, 5) is 22.9. The molecule has 0 bridgehead atoms. The zero-order chi connectivity index (χ0) is 17.1. The second kappa shape index (κ2) is 6.74. The Morgan fingerprint density at radius 3 is 2.71 bits per heavy atom. The third-order valence-corrected chi connectivity index (χ3v) is 3.90. The van der Waals surface area contributed by atoms with Crippen molar-refractivity contribution in [2.75, 3.05) is 6.61 Å². The summed E-state index contributed by atoms with van der Waals surface area (Å²) in [6, 6.07) is 6.72. The molecule has 0 aliphatic heterocycles. The highest BCUT2D eigenvalue weighted by Crippen LogP contribution is 2.40. The van der Waals surface area contributed by atoms with Gasteiger partial charge in [-0.1, -0.05) is 17.3 Å². The van der Waals surface area contributed by atoms with Gasteiger partial charge >= 0.3 is 5.97 Å². The fourth-order valence-corrected chi connectivity index (χ4v) is 2.42. The molecule has 1 amide bonds. The summed E-state index contributed by atoms with van der Waals surface area (Å²) in [5, 5.41) is 15.4. The molecule has 1 aliphatic carbocycles. The second-order valence-corrected chi connectivity index (χ2v) is 5.83. The molecule has 1 saturated carbocycles. The Morgan fingerprint density at radius 1 is 1.38 bits per heavy atom. The minimum Gasteiger partial charge on any atom is -0.482 e. The first-order chi connectivity index (χ1) is 11.5. The van der Waals surface area contributed by atoms with Crippen LogP contribution >= 0.6 is 0 Å². The SMILES string of the molecule is CC(NC(=O)c1conc1C1CC1)c1ccc(OCC(=O)O)cc1. The summed E-state index contributed by atoms with van der Waals surface area (Å²) in [5.41, 5.74) is 2.11. The number of benzene rings is 1. The Kier molecular flexibility index (Phi) is 4.50. The molecule has 2 aromatic rings. The van der Waals surface area contributed by atoms with Crippen LogP contribution in [-0.2, 0) is 4.79 Å². The minimum absolute atomic E-state index is 0.211. The number of aliphatic carboxylic acids is 1. The molecule has 126 valence electrons. The van der Waals surface area contributed by atoms with Gasteiger partial charge in [-0.05, 0) is 37.5 Å². The van der Waals surface area contributed by atoms with Crippen molar-refractivity contribution in [3.63, 3.8) is 0 Å². The van der Waals surface area contributed by atoms with E-state index in [0.29, 0.717) is 17.2 Å². The minimum atomic E-state index is -1.03. The molecule has 3 rings (SSSR count). The van der Waals surface area contributed by atoms with Crippen LogP contribution < -0.4 is 10.1 Å². The number of carboxylic acid groups (broad SMARTS) is 1. The zero-order valence-electron chi connectivity index (χ0n) is 13.2. The monoisotopic (exact) mass is 330 g/mol. The molecule has 0 radical (unpaired) electrons. The number of hydrogen-bond acceptors (Lipinski definition) is 5. The number of rotatable bonds is 7. The molecule has 2 N–H and O–H groups in total. The highest BCUT2D eigenvalue weighted by molar-refractivity contribution is 5.95. The second-order valence-electron chi connectivity index (χ2n) is 5.83. The van der Waals surface area contributed by atoms with E-state index in [1.165, 1.54) is 6.26 Å². The molecule has 1 aromatic carbocycles. The Balaban J connectivity index is 1.61. The number of ether oxygens (including phenoxy) is 1. The van der Waals surface area contributed by atoms with Crippen LogP contribution in [0.4, 0.5) is 0 Å². The predicted molar refractivity (Wildman–Crippen MR) is 83.9 cm³/mol. The van der Waals surface area contributed by atoms with Crippen molar-refractivity contribution in [1.29, 1.82) is 0 Å². The van der Waals surface area contributed by atoms with Gasteiger partial charge in [0.2, 0.25) is 0 Å². The van der Waals surface area contributed by atoms with E-state index in [1.807, 2.05) is 6.92 Å². The van der Waals surface area contributed by atoms with E-state index in [-0.39, 0.29) is 18.6 Å². The van der Waals surface area contributed by atoms with Crippen LogP contribution in [0.2, 0.25) is 0 Å². The molecule has 24 heavy (non-hydrogen) atoms. The molecule has 0 spiro atoms. The van der Waals surface area contributed by atoms with Gasteiger partial charge in [0.25, 0.3) is 5.91 Å². The lowest BCUT2D eigenvalue weighted by molar-refractivity contribution is -0.139. The van der Waals surface area contributed by atoms with Gasteiger partial charge in [-0.15, -0.1) is 0 Å². The molecule has 1 aromatic heterocycles. The largest absolute Gasteiger partial charge is 0.482 e. The highest BCUT2D eigenvalue weighted by Gasteiger charge is 2.31. The van der Waals surface area contributed by atoms with Crippen molar-refractivity contribution in [3.8, 4) is 5.75 Å². The van der Waals surface area contributed by atoms with Crippen LogP contribution in [0.3, 0.4) is 0 Å². The number of hydrogen-bond donors (Lipinski definition) is 2. The fourth-order valence-electron chi connectivity index (χ4n) is 2.42. The molecule has 1 unspecified atom stereocenters. The van der Waals surface area contributed by atoms with Gasteiger partial charge in [0.05, 0.1) is 11.7 Å². The number of nitrogens with one attached hydrogen (secondary N) is 1. The number of carboxylic acids is 1. The summed E-state index contributed by atoms with van der Waals surface area (Å²) in [5.74, 6) is -0.433. The summed E-state index contributed by atoms with van der Waals surface area (Å²) < 4.78 is 10.0. The molecular weight excluding hydrogens is 312 g/mol. The Bertz CT molecular complexity index is 734. The smallest absolute Gasteiger partial charge is 0.341 e. The van der Waals surface area contributed by atoms with Gasteiger partial charge in [0.1, 0.15) is 17.6 Å². The third-order valence-electron chi connectivity index (χ3n) is 3.90. The zero-order valence-corrected chi connectivity index (χ0v) is 13.2. The van der Waals surface area contributed by atoms with E-state index in [1.54, 1.807) is 24.3 Å². The van der Waals surface area contributed by atoms with E-state index >= 15 is 0 Å². The van der Waals surface area contributed by atoms with E-state index in [2.05, 4.69) is 10.5 Å². The van der Waals surface area contributed by atoms with Crippen molar-refractivity contribution in [1.82, 2.24) is 10.5 Å². The Hall–Kier alpha value is -2.83.